The first-order valence-corrected chi connectivity index (χ1v) is 2.34. The van der Waals surface area contributed by atoms with Crippen molar-refractivity contribution in [3.8, 4) is 0 Å². The van der Waals surface area contributed by atoms with Crippen molar-refractivity contribution in [2.75, 3.05) is 5.73 Å². The number of amides is 1. The van der Waals surface area contributed by atoms with Gasteiger partial charge in [0.1, 0.15) is 0 Å². The molecule has 0 saturated heterocycles. The van der Waals surface area contributed by atoms with Crippen LogP contribution in [-0.2, 0) is 0 Å². The minimum absolute atomic E-state index is 0.0806. The van der Waals surface area contributed by atoms with E-state index in [9.17, 15) is 4.79 Å². The molecule has 0 fully saturated rings. The van der Waals surface area contributed by atoms with Crippen LogP contribution in [0.15, 0.2) is 4.63 Å². The van der Waals surface area contributed by atoms with Crippen molar-refractivity contribution in [3.63, 3.8) is 0 Å². The first-order valence-electron chi connectivity index (χ1n) is 2.34. The van der Waals surface area contributed by atoms with Crippen molar-refractivity contribution in [3.05, 3.63) is 5.69 Å². The third-order valence-electron chi connectivity index (χ3n) is 0.860. The number of carbonyl (C=O) groups excluding carboxylic acids is 1. The van der Waals surface area contributed by atoms with Crippen molar-refractivity contribution in [2.45, 2.75) is 0 Å². The van der Waals surface area contributed by atoms with Gasteiger partial charge >= 0.3 is 0 Å². The maximum absolute atomic E-state index is 10.6. The Morgan fingerprint density at radius 2 is 2.30 bits per heavy atom. The summed E-state index contributed by atoms with van der Waals surface area (Å²) in [5.41, 5.74) is 6.85. The molecule has 0 aliphatic rings. The second-order valence-corrected chi connectivity index (χ2v) is 1.47. The molecule has 7 nitrogen and oxygen atoms in total. The predicted octanol–water partition coefficient (Wildman–Crippen LogP) is -1.74. The van der Waals surface area contributed by atoms with E-state index in [1.54, 1.807) is 0 Å². The average molecular weight is 143 g/mol. The summed E-state index contributed by atoms with van der Waals surface area (Å²) >= 11 is 0. The van der Waals surface area contributed by atoms with Gasteiger partial charge in [0, 0.05) is 0 Å². The average Bonchev–Trinajstić information content (AvgIpc) is 2.34. The Morgan fingerprint density at radius 1 is 1.60 bits per heavy atom. The van der Waals surface area contributed by atoms with E-state index in [2.05, 4.69) is 14.9 Å². The summed E-state index contributed by atoms with van der Waals surface area (Å²) in [7, 11) is 0. The molecule has 5 N–H and O–H groups in total. The number of nitrogens with two attached hydrogens (primary N) is 2. The van der Waals surface area contributed by atoms with E-state index in [4.69, 9.17) is 11.6 Å². The molecule has 10 heavy (non-hydrogen) atoms. The van der Waals surface area contributed by atoms with Crippen molar-refractivity contribution >= 4 is 11.7 Å². The maximum Gasteiger partial charge on any atom is 0.291 e. The molecule has 1 heterocycles. The van der Waals surface area contributed by atoms with Crippen LogP contribution in [0, 0.1) is 0 Å². The summed E-state index contributed by atoms with van der Waals surface area (Å²) < 4.78 is 4.13. The summed E-state index contributed by atoms with van der Waals surface area (Å²) in [6.45, 7) is 0. The minimum atomic E-state index is -0.626. The lowest BCUT2D eigenvalue weighted by atomic mass is 10.4. The number of aromatic nitrogens is 2. The Labute approximate surface area is 55.3 Å². The van der Waals surface area contributed by atoms with Crippen LogP contribution in [0.4, 0.5) is 5.82 Å². The molecule has 0 unspecified atom stereocenters. The number of nitrogen functional groups attached to an aromatic ring is 2. The fourth-order valence-corrected chi connectivity index (χ4v) is 0.421. The van der Waals surface area contributed by atoms with Gasteiger partial charge in [-0.15, -0.1) is 0 Å². The smallest absolute Gasteiger partial charge is 0.291 e. The zero-order valence-electron chi connectivity index (χ0n) is 4.87. The highest BCUT2D eigenvalue weighted by molar-refractivity contribution is 5.95. The van der Waals surface area contributed by atoms with Crippen LogP contribution in [0.25, 0.3) is 0 Å². The highest BCUT2D eigenvalue weighted by Gasteiger charge is 2.13. The third kappa shape index (κ3) is 0.890. The monoisotopic (exact) mass is 143 g/mol. The molecule has 0 radical (unpaired) electrons. The van der Waals surface area contributed by atoms with Gasteiger partial charge in [-0.2, -0.15) is 0 Å². The van der Waals surface area contributed by atoms with Crippen molar-refractivity contribution in [1.82, 2.24) is 15.7 Å². The van der Waals surface area contributed by atoms with Gasteiger partial charge < -0.3 is 5.73 Å². The predicted molar refractivity (Wildman–Crippen MR) is 30.4 cm³/mol. The molecule has 1 aromatic rings. The Kier molecular flexibility index (Phi) is 1.50. The van der Waals surface area contributed by atoms with Gasteiger partial charge in [-0.05, 0) is 10.3 Å². The van der Waals surface area contributed by atoms with Gasteiger partial charge in [0.15, 0.2) is 0 Å². The van der Waals surface area contributed by atoms with Crippen LogP contribution in [0.1, 0.15) is 10.5 Å². The van der Waals surface area contributed by atoms with Gasteiger partial charge in [0.2, 0.25) is 11.5 Å². The van der Waals surface area contributed by atoms with Gasteiger partial charge in [-0.25, -0.2) is 10.5 Å². The van der Waals surface area contributed by atoms with E-state index in [1.807, 2.05) is 5.43 Å². The normalized spacial score (nSPS) is 9.30. The topological polar surface area (TPSA) is 120 Å². The van der Waals surface area contributed by atoms with E-state index in [0.717, 1.165) is 0 Å². The lowest BCUT2D eigenvalue weighted by Gasteiger charge is -1.90. The van der Waals surface area contributed by atoms with E-state index >= 15 is 0 Å². The molecule has 0 saturated carbocycles. The Bertz CT molecular complexity index is 243. The summed E-state index contributed by atoms with van der Waals surface area (Å²) in [5, 5.41) is 6.34. The maximum atomic E-state index is 10.6. The van der Waals surface area contributed by atoms with Gasteiger partial charge in [0.05, 0.1) is 0 Å². The fourth-order valence-electron chi connectivity index (χ4n) is 0.421. The standard InChI is InChI=1S/C3H5N5O2/c4-2-1(3(9)6-5)7-10-8-2/h5H2,(H2,4,8)(H,6,9). The largest absolute Gasteiger partial charge is 0.379 e. The highest BCUT2D eigenvalue weighted by Crippen LogP contribution is 2.01. The van der Waals surface area contributed by atoms with Crippen molar-refractivity contribution in [1.29, 1.82) is 0 Å². The summed E-state index contributed by atoms with van der Waals surface area (Å²) in [5.74, 6) is 4.06. The first kappa shape index (κ1) is 6.49. The molecular formula is C3H5N5O2. The lowest BCUT2D eigenvalue weighted by Crippen LogP contribution is -2.30. The second kappa shape index (κ2) is 2.31. The number of hydrogen-bond donors (Lipinski definition) is 3. The Balaban J connectivity index is 2.93. The number of carbonyl (C=O) groups is 1. The molecule has 1 amide bonds. The van der Waals surface area contributed by atoms with Gasteiger partial charge in [0.25, 0.3) is 5.91 Å². The second-order valence-electron chi connectivity index (χ2n) is 1.47. The molecule has 54 valence electrons. The van der Waals surface area contributed by atoms with E-state index < -0.39 is 5.91 Å². The quantitative estimate of drug-likeness (QED) is 0.243. The first-order chi connectivity index (χ1) is 4.75. The zero-order chi connectivity index (χ0) is 7.56. The highest BCUT2D eigenvalue weighted by atomic mass is 16.6. The van der Waals surface area contributed by atoms with Crippen LogP contribution in [0.3, 0.4) is 0 Å². The van der Waals surface area contributed by atoms with E-state index in [0.29, 0.717) is 0 Å². The van der Waals surface area contributed by atoms with Crippen LogP contribution in [0.5, 0.6) is 0 Å². The number of hydrazine groups is 1. The van der Waals surface area contributed by atoms with E-state index in [1.165, 1.54) is 0 Å². The summed E-state index contributed by atoms with van der Waals surface area (Å²) in [4.78, 5) is 10.6. The molecule has 0 aromatic carbocycles. The Morgan fingerprint density at radius 3 is 2.70 bits per heavy atom. The Hall–Kier alpha value is -1.63. The molecule has 0 atom stereocenters. The zero-order valence-corrected chi connectivity index (χ0v) is 4.87. The lowest BCUT2D eigenvalue weighted by molar-refractivity contribution is 0.0944. The van der Waals surface area contributed by atoms with Crippen LogP contribution in [-0.4, -0.2) is 16.2 Å². The summed E-state index contributed by atoms with van der Waals surface area (Å²) in [6.07, 6.45) is 0. The number of rotatable bonds is 1. The number of hydrogen-bond acceptors (Lipinski definition) is 6. The molecule has 0 aliphatic heterocycles. The molecule has 1 rings (SSSR count). The number of nitrogens with one attached hydrogen (secondary N) is 1. The van der Waals surface area contributed by atoms with Crippen molar-refractivity contribution in [2.24, 2.45) is 5.84 Å². The van der Waals surface area contributed by atoms with Crippen LogP contribution >= 0.6 is 0 Å². The number of anilines is 1. The van der Waals surface area contributed by atoms with Crippen LogP contribution < -0.4 is 17.0 Å². The van der Waals surface area contributed by atoms with Crippen LogP contribution in [0.2, 0.25) is 0 Å². The molecule has 0 bridgehead atoms. The molecule has 7 heteroatoms. The minimum Gasteiger partial charge on any atom is -0.379 e. The van der Waals surface area contributed by atoms with E-state index in [-0.39, 0.29) is 11.5 Å². The van der Waals surface area contributed by atoms with Gasteiger partial charge in [-0.1, -0.05) is 0 Å². The molecule has 1 aromatic heterocycles. The number of nitrogens with zero attached hydrogens (tertiary/aromatic N) is 2. The summed E-state index contributed by atoms with van der Waals surface area (Å²) in [6, 6.07) is 0. The molecule has 0 spiro atoms. The molecule has 0 aliphatic carbocycles. The molecular weight excluding hydrogens is 138 g/mol. The van der Waals surface area contributed by atoms with Crippen molar-refractivity contribution < 1.29 is 9.42 Å². The van der Waals surface area contributed by atoms with Gasteiger partial charge in [-0.3, -0.25) is 10.2 Å². The SMILES string of the molecule is NNC(=O)c1nonc1N. The fraction of sp³-hybridized carbons (Fsp3) is 0. The third-order valence-corrected chi connectivity index (χ3v) is 0.860.